The van der Waals surface area contributed by atoms with Crippen molar-refractivity contribution in [3.8, 4) is 0 Å². The summed E-state index contributed by atoms with van der Waals surface area (Å²) in [4.78, 5) is 25.5. The van der Waals surface area contributed by atoms with Crippen LogP contribution in [-0.2, 0) is 11.3 Å². The number of carbonyl (C=O) groups is 2. The predicted molar refractivity (Wildman–Crippen MR) is 82.8 cm³/mol. The molecule has 0 atom stereocenters. The van der Waals surface area contributed by atoms with E-state index in [4.69, 9.17) is 5.11 Å². The molecule has 2 aromatic heterocycles. The average Bonchev–Trinajstić information content (AvgIpc) is 3.06. The molecule has 1 amide bonds. The summed E-state index contributed by atoms with van der Waals surface area (Å²) in [5.41, 5.74) is 1.12. The van der Waals surface area contributed by atoms with Crippen molar-refractivity contribution in [2.24, 2.45) is 0 Å². The van der Waals surface area contributed by atoms with E-state index >= 15 is 0 Å². The molecule has 0 aromatic carbocycles. The third-order valence-corrected chi connectivity index (χ3v) is 5.33. The zero-order valence-corrected chi connectivity index (χ0v) is 13.2. The number of rotatable bonds is 6. The Labute approximate surface area is 129 Å². The van der Waals surface area contributed by atoms with Crippen molar-refractivity contribution < 1.29 is 14.7 Å². The van der Waals surface area contributed by atoms with E-state index in [2.05, 4.69) is 0 Å². The van der Waals surface area contributed by atoms with Crippen LogP contribution in [0.4, 0.5) is 0 Å². The first-order chi connectivity index (χ1) is 9.56. The molecule has 0 aliphatic heterocycles. The van der Waals surface area contributed by atoms with E-state index < -0.39 is 5.97 Å². The van der Waals surface area contributed by atoms with Gasteiger partial charge in [-0.15, -0.1) is 23.1 Å². The van der Waals surface area contributed by atoms with Crippen LogP contribution in [0, 0.1) is 0 Å². The first kappa shape index (κ1) is 15.1. The molecule has 2 aromatic rings. The fourth-order valence-electron chi connectivity index (χ4n) is 1.51. The van der Waals surface area contributed by atoms with Gasteiger partial charge in [0.2, 0.25) is 5.91 Å². The lowest BCUT2D eigenvalue weighted by Gasteiger charge is -2.15. The van der Waals surface area contributed by atoms with Gasteiger partial charge in [0.05, 0.1) is 5.75 Å². The molecule has 4 nitrogen and oxygen atoms in total. The van der Waals surface area contributed by atoms with E-state index in [1.807, 2.05) is 16.8 Å². The van der Waals surface area contributed by atoms with Crippen molar-refractivity contribution in [1.82, 2.24) is 4.90 Å². The number of carboxylic acids is 1. The highest BCUT2D eigenvalue weighted by Crippen LogP contribution is 2.25. The molecule has 0 spiro atoms. The largest absolute Gasteiger partial charge is 0.477 e. The summed E-state index contributed by atoms with van der Waals surface area (Å²) in [5, 5.41) is 14.6. The summed E-state index contributed by atoms with van der Waals surface area (Å²) >= 11 is 4.16. The van der Waals surface area contributed by atoms with E-state index in [9.17, 15) is 9.59 Å². The van der Waals surface area contributed by atoms with E-state index in [0.29, 0.717) is 17.2 Å². The molecule has 0 radical (unpaired) electrons. The van der Waals surface area contributed by atoms with Gasteiger partial charge in [-0.2, -0.15) is 11.3 Å². The van der Waals surface area contributed by atoms with Gasteiger partial charge in [-0.1, -0.05) is 0 Å². The van der Waals surface area contributed by atoms with Gasteiger partial charge in [0.15, 0.2) is 0 Å². The summed E-state index contributed by atoms with van der Waals surface area (Å²) in [6.45, 7) is 0.604. The van der Waals surface area contributed by atoms with Crippen LogP contribution < -0.4 is 0 Å². The normalized spacial score (nSPS) is 10.4. The Morgan fingerprint density at radius 3 is 2.80 bits per heavy atom. The molecule has 0 aliphatic rings. The van der Waals surface area contributed by atoms with E-state index in [-0.39, 0.29) is 5.91 Å². The van der Waals surface area contributed by atoms with Crippen molar-refractivity contribution in [2.45, 2.75) is 11.4 Å². The first-order valence-electron chi connectivity index (χ1n) is 5.76. The SMILES string of the molecule is CN(Cc1ccsc1)C(=O)CSc1csc(C(=O)O)c1. The van der Waals surface area contributed by atoms with Crippen molar-refractivity contribution in [2.75, 3.05) is 12.8 Å². The van der Waals surface area contributed by atoms with Gasteiger partial charge in [0, 0.05) is 23.9 Å². The van der Waals surface area contributed by atoms with Crippen molar-refractivity contribution in [3.05, 3.63) is 38.7 Å². The first-order valence-corrected chi connectivity index (χ1v) is 8.56. The van der Waals surface area contributed by atoms with Crippen molar-refractivity contribution in [3.63, 3.8) is 0 Å². The molecule has 0 aliphatic carbocycles. The molecule has 20 heavy (non-hydrogen) atoms. The molecule has 106 valence electrons. The number of carbonyl (C=O) groups excluding carboxylic acids is 1. The molecule has 2 heterocycles. The lowest BCUT2D eigenvalue weighted by molar-refractivity contribution is -0.127. The van der Waals surface area contributed by atoms with E-state index in [0.717, 1.165) is 10.5 Å². The van der Waals surface area contributed by atoms with Crippen molar-refractivity contribution in [1.29, 1.82) is 0 Å². The maximum atomic E-state index is 12.0. The van der Waals surface area contributed by atoms with Crippen LogP contribution in [0.1, 0.15) is 15.2 Å². The number of thioether (sulfide) groups is 1. The minimum Gasteiger partial charge on any atom is -0.477 e. The van der Waals surface area contributed by atoms with Gasteiger partial charge in [0.1, 0.15) is 4.88 Å². The highest BCUT2D eigenvalue weighted by molar-refractivity contribution is 8.00. The standard InChI is InChI=1S/C13H13NO3S3/c1-14(5-9-2-3-18-6-9)12(15)8-19-10-4-11(13(16)17)20-7-10/h2-4,6-7H,5,8H2,1H3,(H,16,17). The predicted octanol–water partition coefficient (Wildman–Crippen LogP) is 3.26. The van der Waals surface area contributed by atoms with Crippen LogP contribution >= 0.6 is 34.4 Å². The Kier molecular flexibility index (Phi) is 5.22. The number of carboxylic acid groups (broad SMARTS) is 1. The summed E-state index contributed by atoms with van der Waals surface area (Å²) in [5.74, 6) is -0.580. The Morgan fingerprint density at radius 1 is 1.40 bits per heavy atom. The Balaban J connectivity index is 1.83. The molecular formula is C13H13NO3S3. The lowest BCUT2D eigenvalue weighted by Crippen LogP contribution is -2.27. The second kappa shape index (κ2) is 6.92. The molecule has 7 heteroatoms. The fourth-order valence-corrected chi connectivity index (χ4v) is 3.98. The number of amides is 1. The van der Waals surface area contributed by atoms with Gasteiger partial charge in [-0.25, -0.2) is 4.79 Å². The number of hydrogen-bond donors (Lipinski definition) is 1. The molecule has 0 fully saturated rings. The second-order valence-corrected chi connectivity index (χ2v) is 6.86. The maximum Gasteiger partial charge on any atom is 0.345 e. The third-order valence-electron chi connectivity index (χ3n) is 2.57. The highest BCUT2D eigenvalue weighted by atomic mass is 32.2. The Hall–Kier alpha value is -1.31. The number of aromatic carboxylic acids is 1. The maximum absolute atomic E-state index is 12.0. The fraction of sp³-hybridized carbons (Fsp3) is 0.231. The highest BCUT2D eigenvalue weighted by Gasteiger charge is 2.12. The number of thiophene rings is 2. The van der Waals surface area contributed by atoms with Crippen LogP contribution in [0.3, 0.4) is 0 Å². The van der Waals surface area contributed by atoms with E-state index in [1.165, 1.54) is 23.1 Å². The lowest BCUT2D eigenvalue weighted by atomic mass is 10.3. The van der Waals surface area contributed by atoms with Gasteiger partial charge in [-0.3, -0.25) is 4.79 Å². The van der Waals surface area contributed by atoms with Gasteiger partial charge in [0.25, 0.3) is 0 Å². The summed E-state index contributed by atoms with van der Waals surface area (Å²) in [7, 11) is 1.77. The molecule has 0 saturated carbocycles. The molecule has 2 rings (SSSR count). The van der Waals surface area contributed by atoms with Crippen LogP contribution in [0.25, 0.3) is 0 Å². The summed E-state index contributed by atoms with van der Waals surface area (Å²) in [6.07, 6.45) is 0. The van der Waals surface area contributed by atoms with Crippen LogP contribution in [0.5, 0.6) is 0 Å². The Morgan fingerprint density at radius 2 is 2.20 bits per heavy atom. The van der Waals surface area contributed by atoms with Crippen LogP contribution in [0.15, 0.2) is 33.2 Å². The quantitative estimate of drug-likeness (QED) is 0.827. The molecule has 0 bridgehead atoms. The zero-order valence-electron chi connectivity index (χ0n) is 10.7. The third kappa shape index (κ3) is 4.09. The Bertz CT molecular complexity index is 592. The van der Waals surface area contributed by atoms with Crippen LogP contribution in [0.2, 0.25) is 0 Å². The molecular weight excluding hydrogens is 314 g/mol. The molecule has 0 saturated heterocycles. The summed E-state index contributed by atoms with van der Waals surface area (Å²) < 4.78 is 0. The molecule has 1 N–H and O–H groups in total. The number of nitrogens with zero attached hydrogens (tertiary/aromatic N) is 1. The van der Waals surface area contributed by atoms with Gasteiger partial charge < -0.3 is 10.0 Å². The smallest absolute Gasteiger partial charge is 0.345 e. The van der Waals surface area contributed by atoms with Crippen molar-refractivity contribution >= 4 is 46.3 Å². The second-order valence-electron chi connectivity index (χ2n) is 4.12. The van der Waals surface area contributed by atoms with Gasteiger partial charge >= 0.3 is 5.97 Å². The van der Waals surface area contributed by atoms with Crippen LogP contribution in [-0.4, -0.2) is 34.7 Å². The van der Waals surface area contributed by atoms with Gasteiger partial charge in [-0.05, 0) is 28.5 Å². The minimum absolute atomic E-state index is 0.0317. The minimum atomic E-state index is -0.928. The zero-order chi connectivity index (χ0) is 14.5. The monoisotopic (exact) mass is 327 g/mol. The topological polar surface area (TPSA) is 57.6 Å². The summed E-state index contributed by atoms with van der Waals surface area (Å²) in [6, 6.07) is 3.60. The van der Waals surface area contributed by atoms with E-state index in [1.54, 1.807) is 34.7 Å². The average molecular weight is 327 g/mol. The molecule has 0 unspecified atom stereocenters. The number of hydrogen-bond acceptors (Lipinski definition) is 5.